The number of carbonyl (C=O) groups excluding carboxylic acids is 3. The number of hydrogen-bond acceptors (Lipinski definition) is 7. The number of hydrogen-bond donors (Lipinski definition) is 1. The maximum atomic E-state index is 12.8. The highest BCUT2D eigenvalue weighted by molar-refractivity contribution is 6.05. The number of para-hydroxylation sites is 2. The van der Waals surface area contributed by atoms with Crippen molar-refractivity contribution in [1.29, 1.82) is 0 Å². The number of esters is 2. The second-order valence-electron chi connectivity index (χ2n) is 7.54. The summed E-state index contributed by atoms with van der Waals surface area (Å²) >= 11 is 0. The van der Waals surface area contributed by atoms with Gasteiger partial charge in [-0.15, -0.1) is 0 Å². The third-order valence-corrected chi connectivity index (χ3v) is 5.03. The van der Waals surface area contributed by atoms with E-state index in [2.05, 4.69) is 26.9 Å². The van der Waals surface area contributed by atoms with Crippen LogP contribution in [0.4, 0.5) is 5.69 Å². The van der Waals surface area contributed by atoms with Crippen molar-refractivity contribution in [3.63, 3.8) is 0 Å². The summed E-state index contributed by atoms with van der Waals surface area (Å²) in [4.78, 5) is 36.4. The summed E-state index contributed by atoms with van der Waals surface area (Å²) in [6.45, 7) is 0.562. The highest BCUT2D eigenvalue weighted by Crippen LogP contribution is 2.27. The van der Waals surface area contributed by atoms with Gasteiger partial charge < -0.3 is 24.3 Å². The van der Waals surface area contributed by atoms with Crippen LogP contribution in [-0.2, 0) is 25.5 Å². The molecule has 186 valence electrons. The molecule has 0 radical (unpaired) electrons. The molecule has 0 fully saturated rings. The number of anilines is 1. The molecule has 0 unspecified atom stereocenters. The fourth-order valence-electron chi connectivity index (χ4n) is 3.18. The molecule has 8 nitrogen and oxygen atoms in total. The smallest absolute Gasteiger partial charge is 0.374 e. The first-order valence-electron chi connectivity index (χ1n) is 11.2. The molecule has 1 N–H and O–H groups in total. The van der Waals surface area contributed by atoms with Crippen molar-refractivity contribution in [2.75, 3.05) is 26.1 Å². The molecule has 0 saturated heterocycles. The molecule has 1 amide bonds. The van der Waals surface area contributed by atoms with Gasteiger partial charge in [-0.25, -0.2) is 9.59 Å². The maximum absolute atomic E-state index is 12.8. The molecule has 0 bridgehead atoms. The van der Waals surface area contributed by atoms with Crippen molar-refractivity contribution < 1.29 is 33.3 Å². The molecule has 0 aromatic heterocycles. The van der Waals surface area contributed by atoms with Gasteiger partial charge in [0.1, 0.15) is 5.75 Å². The normalized spacial score (nSPS) is 10.8. The molecule has 0 aliphatic rings. The predicted octanol–water partition coefficient (Wildman–Crippen LogP) is 4.56. The summed E-state index contributed by atoms with van der Waals surface area (Å²) in [5, 5.41) is 2.75. The number of rotatable bonds is 11. The third-order valence-electron chi connectivity index (χ3n) is 5.03. The Morgan fingerprint density at radius 3 is 2.22 bits per heavy atom. The second kappa shape index (κ2) is 13.3. The SMILES string of the molecule is COC(=O)/C=C(\Oc1ccccc1NC(=O)c1ccc(OCCCc2ccccc2)cc1)C(=O)OC. The Morgan fingerprint density at radius 2 is 1.53 bits per heavy atom. The number of methoxy groups -OCH3 is 2. The van der Waals surface area contributed by atoms with Gasteiger partial charge in [0.15, 0.2) is 5.75 Å². The van der Waals surface area contributed by atoms with Crippen LogP contribution in [0.5, 0.6) is 11.5 Å². The molecule has 0 saturated carbocycles. The van der Waals surface area contributed by atoms with Gasteiger partial charge in [0, 0.05) is 5.56 Å². The van der Waals surface area contributed by atoms with Crippen LogP contribution < -0.4 is 14.8 Å². The Bertz CT molecular complexity index is 1200. The number of ether oxygens (including phenoxy) is 4. The molecule has 3 rings (SSSR count). The minimum atomic E-state index is -0.874. The molecule has 0 spiro atoms. The number of benzene rings is 3. The first-order valence-corrected chi connectivity index (χ1v) is 11.2. The van der Waals surface area contributed by atoms with E-state index < -0.39 is 17.8 Å². The van der Waals surface area contributed by atoms with E-state index >= 15 is 0 Å². The van der Waals surface area contributed by atoms with Crippen LogP contribution in [-0.4, -0.2) is 38.7 Å². The molecule has 3 aromatic rings. The minimum Gasteiger partial charge on any atom is -0.494 e. The van der Waals surface area contributed by atoms with Crippen molar-refractivity contribution in [3.05, 3.63) is 102 Å². The van der Waals surface area contributed by atoms with Crippen molar-refractivity contribution >= 4 is 23.5 Å². The van der Waals surface area contributed by atoms with Gasteiger partial charge in [0.25, 0.3) is 5.91 Å². The lowest BCUT2D eigenvalue weighted by molar-refractivity contribution is -0.140. The number of aryl methyl sites for hydroxylation is 1. The van der Waals surface area contributed by atoms with Crippen LogP contribution in [0, 0.1) is 0 Å². The monoisotopic (exact) mass is 489 g/mol. The van der Waals surface area contributed by atoms with E-state index in [1.165, 1.54) is 18.7 Å². The van der Waals surface area contributed by atoms with Gasteiger partial charge in [0.2, 0.25) is 5.76 Å². The molecule has 3 aromatic carbocycles. The van der Waals surface area contributed by atoms with Gasteiger partial charge in [-0.05, 0) is 54.8 Å². The number of carbonyl (C=O) groups is 3. The van der Waals surface area contributed by atoms with Crippen molar-refractivity contribution in [2.45, 2.75) is 12.8 Å². The average molecular weight is 490 g/mol. The summed E-state index contributed by atoms with van der Waals surface area (Å²) in [6.07, 6.45) is 2.67. The summed E-state index contributed by atoms with van der Waals surface area (Å²) in [5.74, 6) is -1.64. The lowest BCUT2D eigenvalue weighted by Crippen LogP contribution is -2.16. The van der Waals surface area contributed by atoms with Crippen LogP contribution >= 0.6 is 0 Å². The van der Waals surface area contributed by atoms with Gasteiger partial charge in [-0.2, -0.15) is 0 Å². The standard InChI is InChI=1S/C28H27NO7/c1-33-26(30)19-25(28(32)34-2)36-24-13-7-6-12-23(24)29-27(31)21-14-16-22(17-15-21)35-18-8-11-20-9-4-3-5-10-20/h3-7,9-10,12-17,19H,8,11,18H2,1-2H3,(H,29,31)/b25-19-. The fourth-order valence-corrected chi connectivity index (χ4v) is 3.18. The topological polar surface area (TPSA) is 100 Å². The van der Waals surface area contributed by atoms with Crippen molar-refractivity contribution in [1.82, 2.24) is 0 Å². The highest BCUT2D eigenvalue weighted by Gasteiger charge is 2.18. The zero-order chi connectivity index (χ0) is 25.8. The van der Waals surface area contributed by atoms with Gasteiger partial charge in [0.05, 0.1) is 32.6 Å². The molecule has 8 heteroatoms. The summed E-state index contributed by atoms with van der Waals surface area (Å²) < 4.78 is 20.5. The predicted molar refractivity (Wildman–Crippen MR) is 134 cm³/mol. The van der Waals surface area contributed by atoms with E-state index in [1.807, 2.05) is 18.2 Å². The minimum absolute atomic E-state index is 0.143. The van der Waals surface area contributed by atoms with Crippen molar-refractivity contribution in [2.24, 2.45) is 0 Å². The van der Waals surface area contributed by atoms with E-state index in [-0.39, 0.29) is 11.5 Å². The molecule has 0 aliphatic heterocycles. The molecular weight excluding hydrogens is 462 g/mol. The molecule has 36 heavy (non-hydrogen) atoms. The summed E-state index contributed by atoms with van der Waals surface area (Å²) in [5.41, 5.74) is 1.96. The van der Waals surface area contributed by atoms with Crippen LogP contribution in [0.2, 0.25) is 0 Å². The first kappa shape index (κ1) is 26.0. The molecule has 0 aliphatic carbocycles. The van der Waals surface area contributed by atoms with Crippen molar-refractivity contribution in [3.8, 4) is 11.5 Å². The fraction of sp³-hybridized carbons (Fsp3) is 0.179. The van der Waals surface area contributed by atoms with Crippen LogP contribution in [0.25, 0.3) is 0 Å². The zero-order valence-electron chi connectivity index (χ0n) is 20.1. The quantitative estimate of drug-likeness (QED) is 0.182. The summed E-state index contributed by atoms with van der Waals surface area (Å²) in [7, 11) is 2.32. The van der Waals surface area contributed by atoms with Crippen LogP contribution in [0.15, 0.2) is 90.7 Å². The lowest BCUT2D eigenvalue weighted by atomic mass is 10.1. The third kappa shape index (κ3) is 7.73. The maximum Gasteiger partial charge on any atom is 0.374 e. The van der Waals surface area contributed by atoms with E-state index in [0.717, 1.165) is 26.0 Å². The van der Waals surface area contributed by atoms with Gasteiger partial charge >= 0.3 is 11.9 Å². The number of nitrogens with one attached hydrogen (secondary N) is 1. The Hall–Kier alpha value is -4.59. The molecule has 0 atom stereocenters. The lowest BCUT2D eigenvalue weighted by Gasteiger charge is -2.13. The van der Waals surface area contributed by atoms with Crippen LogP contribution in [0.1, 0.15) is 22.3 Å². The average Bonchev–Trinajstić information content (AvgIpc) is 2.92. The van der Waals surface area contributed by atoms with Crippen LogP contribution in [0.3, 0.4) is 0 Å². The van der Waals surface area contributed by atoms with E-state index in [9.17, 15) is 14.4 Å². The zero-order valence-corrected chi connectivity index (χ0v) is 20.1. The largest absolute Gasteiger partial charge is 0.494 e. The highest BCUT2D eigenvalue weighted by atomic mass is 16.6. The Kier molecular flexibility index (Phi) is 9.64. The van der Waals surface area contributed by atoms with Gasteiger partial charge in [-0.3, -0.25) is 4.79 Å². The number of amides is 1. The first-order chi connectivity index (χ1) is 17.5. The molecular formula is C28H27NO7. The Balaban J connectivity index is 1.60. The second-order valence-corrected chi connectivity index (χ2v) is 7.54. The summed E-state index contributed by atoms with van der Waals surface area (Å²) in [6, 6.07) is 23.4. The Morgan fingerprint density at radius 1 is 0.833 bits per heavy atom. The Labute approximate surface area is 209 Å². The van der Waals surface area contributed by atoms with E-state index in [4.69, 9.17) is 9.47 Å². The van der Waals surface area contributed by atoms with E-state index in [0.29, 0.717) is 23.6 Å². The molecule has 0 heterocycles. The van der Waals surface area contributed by atoms with Gasteiger partial charge in [-0.1, -0.05) is 42.5 Å². The van der Waals surface area contributed by atoms with E-state index in [1.54, 1.807) is 42.5 Å².